The summed E-state index contributed by atoms with van der Waals surface area (Å²) in [5.74, 6) is -1.58. The Morgan fingerprint density at radius 1 is 1.55 bits per heavy atom. The Hall–Kier alpha value is -2.61. The van der Waals surface area contributed by atoms with Gasteiger partial charge >= 0.3 is 17.7 Å². The third-order valence-electron chi connectivity index (χ3n) is 2.42. The molecule has 0 amide bonds. The Balaban J connectivity index is 2.38. The lowest BCUT2D eigenvalue weighted by molar-refractivity contribution is -0.390. The van der Waals surface area contributed by atoms with Crippen molar-refractivity contribution in [2.45, 2.75) is 0 Å². The Morgan fingerprint density at radius 2 is 2.25 bits per heavy atom. The predicted octanol–water partition coefficient (Wildman–Crippen LogP) is 2.47. The van der Waals surface area contributed by atoms with E-state index in [2.05, 4.69) is 4.98 Å². The first-order chi connectivity index (χ1) is 9.40. The van der Waals surface area contributed by atoms with Crippen LogP contribution >= 0.6 is 11.6 Å². The standard InChI is InChI=1S/C11H8ClN3O5/c1-14-5-13-9(15(18)19)10(14)20-8-3-2-6(11(16)17)4-7(8)12/h2-5H,1H3,(H,16,17). The number of nitro groups is 1. The maximum atomic E-state index is 10.8. The molecule has 1 N–H and O–H groups in total. The number of halogens is 1. The number of nitrogens with zero attached hydrogens (tertiary/aromatic N) is 3. The SMILES string of the molecule is Cn1cnc([N+](=O)[O-])c1Oc1ccc(C(=O)O)cc1Cl. The van der Waals surface area contributed by atoms with Crippen molar-refractivity contribution >= 4 is 23.4 Å². The van der Waals surface area contributed by atoms with Gasteiger partial charge in [-0.2, -0.15) is 0 Å². The molecular weight excluding hydrogens is 290 g/mol. The van der Waals surface area contributed by atoms with Gasteiger partial charge in [-0.15, -0.1) is 0 Å². The van der Waals surface area contributed by atoms with E-state index in [0.29, 0.717) is 0 Å². The molecule has 0 saturated heterocycles. The molecule has 0 aliphatic rings. The number of benzene rings is 1. The molecule has 2 rings (SSSR count). The number of aromatic carboxylic acids is 1. The molecule has 0 aliphatic heterocycles. The molecule has 0 bridgehead atoms. The molecule has 1 aromatic carbocycles. The van der Waals surface area contributed by atoms with Gasteiger partial charge in [-0.1, -0.05) is 11.6 Å². The number of hydrogen-bond donors (Lipinski definition) is 1. The van der Waals surface area contributed by atoms with Crippen molar-refractivity contribution in [3.63, 3.8) is 0 Å². The number of ether oxygens (including phenoxy) is 1. The van der Waals surface area contributed by atoms with Crippen molar-refractivity contribution < 1.29 is 19.6 Å². The summed E-state index contributed by atoms with van der Waals surface area (Å²) in [5.41, 5.74) is -0.0122. The molecule has 8 nitrogen and oxygen atoms in total. The highest BCUT2D eigenvalue weighted by molar-refractivity contribution is 6.32. The second-order valence-electron chi connectivity index (χ2n) is 3.79. The van der Waals surface area contributed by atoms with Crippen LogP contribution in [0.1, 0.15) is 10.4 Å². The van der Waals surface area contributed by atoms with Crippen molar-refractivity contribution in [1.29, 1.82) is 0 Å². The summed E-state index contributed by atoms with van der Waals surface area (Å²) in [7, 11) is 1.52. The lowest BCUT2D eigenvalue weighted by Crippen LogP contribution is -1.99. The molecular formula is C11H8ClN3O5. The smallest absolute Gasteiger partial charge is 0.427 e. The average Bonchev–Trinajstić information content (AvgIpc) is 2.73. The van der Waals surface area contributed by atoms with Crippen molar-refractivity contribution in [2.24, 2.45) is 7.05 Å². The van der Waals surface area contributed by atoms with Crippen LogP contribution in [0.25, 0.3) is 0 Å². The van der Waals surface area contributed by atoms with Gasteiger partial charge in [-0.05, 0) is 28.1 Å². The van der Waals surface area contributed by atoms with Crippen molar-refractivity contribution in [1.82, 2.24) is 9.55 Å². The normalized spacial score (nSPS) is 10.3. The van der Waals surface area contributed by atoms with Crippen LogP contribution in [0.2, 0.25) is 5.02 Å². The van der Waals surface area contributed by atoms with E-state index in [4.69, 9.17) is 21.4 Å². The predicted molar refractivity (Wildman–Crippen MR) is 68.3 cm³/mol. The summed E-state index contributed by atoms with van der Waals surface area (Å²) >= 11 is 5.89. The van der Waals surface area contributed by atoms with Crippen LogP contribution in [0.5, 0.6) is 11.6 Å². The molecule has 20 heavy (non-hydrogen) atoms. The van der Waals surface area contributed by atoms with E-state index in [1.807, 2.05) is 0 Å². The molecule has 0 spiro atoms. The Morgan fingerprint density at radius 3 is 2.80 bits per heavy atom. The van der Waals surface area contributed by atoms with Gasteiger partial charge in [0.1, 0.15) is 5.75 Å². The van der Waals surface area contributed by atoms with E-state index in [0.717, 1.165) is 0 Å². The fraction of sp³-hybridized carbons (Fsp3) is 0.0909. The lowest BCUT2D eigenvalue weighted by atomic mass is 10.2. The van der Waals surface area contributed by atoms with Crippen molar-refractivity contribution in [2.75, 3.05) is 0 Å². The fourth-order valence-corrected chi connectivity index (χ4v) is 1.69. The number of carboxylic acids is 1. The van der Waals surface area contributed by atoms with Gasteiger partial charge in [0.15, 0.2) is 0 Å². The minimum Gasteiger partial charge on any atom is -0.478 e. The zero-order chi connectivity index (χ0) is 14.9. The summed E-state index contributed by atoms with van der Waals surface area (Å²) in [5, 5.41) is 19.6. The lowest BCUT2D eigenvalue weighted by Gasteiger charge is -2.07. The number of rotatable bonds is 4. The number of imidazole rings is 1. The number of hydrogen-bond acceptors (Lipinski definition) is 5. The van der Waals surface area contributed by atoms with Crippen LogP contribution in [0, 0.1) is 10.1 Å². The van der Waals surface area contributed by atoms with Crippen molar-refractivity contribution in [3.8, 4) is 11.6 Å². The molecule has 2 aromatic rings. The zero-order valence-corrected chi connectivity index (χ0v) is 10.9. The van der Waals surface area contributed by atoms with E-state index in [1.165, 1.54) is 36.1 Å². The van der Waals surface area contributed by atoms with Crippen LogP contribution in [0.3, 0.4) is 0 Å². The third kappa shape index (κ3) is 2.54. The largest absolute Gasteiger partial charge is 0.478 e. The minimum absolute atomic E-state index is 0.0122. The van der Waals surface area contributed by atoms with Crippen LogP contribution < -0.4 is 4.74 Å². The number of carbonyl (C=O) groups is 1. The van der Waals surface area contributed by atoms with E-state index >= 15 is 0 Å². The molecule has 0 saturated carbocycles. The Bertz CT molecular complexity index is 697. The third-order valence-corrected chi connectivity index (χ3v) is 2.72. The number of aryl methyl sites for hydroxylation is 1. The van der Waals surface area contributed by atoms with Crippen LogP contribution in [0.15, 0.2) is 24.5 Å². The highest BCUT2D eigenvalue weighted by atomic mass is 35.5. The molecule has 0 fully saturated rings. The quantitative estimate of drug-likeness (QED) is 0.686. The summed E-state index contributed by atoms with van der Waals surface area (Å²) in [6.45, 7) is 0. The first-order valence-corrected chi connectivity index (χ1v) is 5.64. The monoisotopic (exact) mass is 297 g/mol. The molecule has 0 radical (unpaired) electrons. The van der Waals surface area contributed by atoms with Crippen LogP contribution in [-0.2, 0) is 7.05 Å². The summed E-state index contributed by atoms with van der Waals surface area (Å²) in [4.78, 5) is 24.5. The highest BCUT2D eigenvalue weighted by Gasteiger charge is 2.23. The molecule has 0 aliphatic carbocycles. The van der Waals surface area contributed by atoms with Gasteiger partial charge in [0.2, 0.25) is 6.33 Å². The maximum absolute atomic E-state index is 10.8. The van der Waals surface area contributed by atoms with Gasteiger partial charge in [0.05, 0.1) is 10.6 Å². The van der Waals surface area contributed by atoms with Gasteiger partial charge in [0, 0.05) is 7.05 Å². The number of carboxylic acid groups (broad SMARTS) is 1. The van der Waals surface area contributed by atoms with Crippen molar-refractivity contribution in [3.05, 3.63) is 45.2 Å². The average molecular weight is 298 g/mol. The van der Waals surface area contributed by atoms with E-state index in [9.17, 15) is 14.9 Å². The Kier molecular flexibility index (Phi) is 3.57. The minimum atomic E-state index is -1.13. The van der Waals surface area contributed by atoms with E-state index < -0.39 is 16.7 Å². The van der Waals surface area contributed by atoms with E-state index in [-0.39, 0.29) is 22.2 Å². The maximum Gasteiger partial charge on any atom is 0.427 e. The second-order valence-corrected chi connectivity index (χ2v) is 4.20. The highest BCUT2D eigenvalue weighted by Crippen LogP contribution is 2.34. The molecule has 1 heterocycles. The van der Waals surface area contributed by atoms with Crippen LogP contribution in [0.4, 0.5) is 5.82 Å². The number of aromatic nitrogens is 2. The first-order valence-electron chi connectivity index (χ1n) is 5.26. The first kappa shape index (κ1) is 13.8. The van der Waals surface area contributed by atoms with Gasteiger partial charge in [-0.3, -0.25) is 4.57 Å². The summed E-state index contributed by atoms with van der Waals surface area (Å²) in [6.07, 6.45) is 1.23. The topological polar surface area (TPSA) is 107 Å². The summed E-state index contributed by atoms with van der Waals surface area (Å²) in [6, 6.07) is 3.80. The molecule has 104 valence electrons. The van der Waals surface area contributed by atoms with E-state index in [1.54, 1.807) is 0 Å². The second kappa shape index (κ2) is 5.17. The van der Waals surface area contributed by atoms with Gasteiger partial charge in [0.25, 0.3) is 0 Å². The zero-order valence-electron chi connectivity index (χ0n) is 10.1. The molecule has 1 aromatic heterocycles. The molecule has 9 heteroatoms. The molecule has 0 unspecified atom stereocenters. The molecule has 0 atom stereocenters. The fourth-order valence-electron chi connectivity index (χ4n) is 1.47. The summed E-state index contributed by atoms with van der Waals surface area (Å²) < 4.78 is 6.66. The Labute approximate surface area is 117 Å². The van der Waals surface area contributed by atoms with Gasteiger partial charge in [-0.25, -0.2) is 4.79 Å². The van der Waals surface area contributed by atoms with Gasteiger partial charge < -0.3 is 20.0 Å². The van der Waals surface area contributed by atoms with Crippen LogP contribution in [-0.4, -0.2) is 25.6 Å².